The van der Waals surface area contributed by atoms with Crippen LogP contribution in [0.15, 0.2) is 12.4 Å². The summed E-state index contributed by atoms with van der Waals surface area (Å²) in [6, 6.07) is -0.393. The van der Waals surface area contributed by atoms with Crippen LogP contribution in [0.1, 0.15) is 6.92 Å². The van der Waals surface area contributed by atoms with Gasteiger partial charge in [-0.2, -0.15) is 0 Å². The maximum atomic E-state index is 12.0. The average Bonchev–Trinajstić information content (AvgIpc) is 2.47. The lowest BCUT2D eigenvalue weighted by molar-refractivity contribution is -0.124. The van der Waals surface area contributed by atoms with Crippen LogP contribution in [0.4, 0.5) is 11.6 Å². The highest BCUT2D eigenvalue weighted by molar-refractivity contribution is 5.85. The van der Waals surface area contributed by atoms with Crippen LogP contribution in [-0.2, 0) is 9.53 Å². The minimum atomic E-state index is -0.393. The van der Waals surface area contributed by atoms with Gasteiger partial charge in [0.15, 0.2) is 5.82 Å². The van der Waals surface area contributed by atoms with E-state index in [-0.39, 0.29) is 5.91 Å². The Morgan fingerprint density at radius 1 is 1.63 bits per heavy atom. The molecule has 1 aliphatic heterocycles. The van der Waals surface area contributed by atoms with Crippen molar-refractivity contribution in [3.05, 3.63) is 12.4 Å². The van der Waals surface area contributed by atoms with E-state index in [1.54, 1.807) is 6.20 Å². The molecule has 0 spiro atoms. The molecule has 8 nitrogen and oxygen atoms in total. The summed E-state index contributed by atoms with van der Waals surface area (Å²) in [4.78, 5) is 22.2. The molecule has 2 rings (SSSR count). The monoisotopic (exact) mass is 266 g/mol. The Labute approximate surface area is 111 Å². The van der Waals surface area contributed by atoms with Gasteiger partial charge in [0, 0.05) is 13.1 Å². The first-order chi connectivity index (χ1) is 9.26. The molecule has 0 radical (unpaired) electrons. The minimum absolute atomic E-state index is 0.0740. The number of aromatic nitrogens is 2. The summed E-state index contributed by atoms with van der Waals surface area (Å²) in [6.07, 6.45) is 3.13. The van der Waals surface area contributed by atoms with Crippen molar-refractivity contribution in [1.29, 1.82) is 0 Å². The van der Waals surface area contributed by atoms with Gasteiger partial charge in [-0.1, -0.05) is 0 Å². The standard InChI is InChI=1S/C11H18N6O2/c1-2-14-11(18)8-7-19-4-3-17(8)10-6-13-5-9(15-10)16-12/h5-6,8H,2-4,7,12H2,1H3,(H,14,18)(H,15,16). The number of rotatable bonds is 4. The molecule has 104 valence electrons. The van der Waals surface area contributed by atoms with E-state index in [9.17, 15) is 4.79 Å². The van der Waals surface area contributed by atoms with Crippen molar-refractivity contribution in [3.63, 3.8) is 0 Å². The van der Waals surface area contributed by atoms with E-state index in [2.05, 4.69) is 20.7 Å². The van der Waals surface area contributed by atoms with Crippen molar-refractivity contribution in [1.82, 2.24) is 15.3 Å². The zero-order valence-electron chi connectivity index (χ0n) is 10.8. The second-order valence-corrected chi connectivity index (χ2v) is 4.09. The zero-order chi connectivity index (χ0) is 13.7. The smallest absolute Gasteiger partial charge is 0.245 e. The molecule has 4 N–H and O–H groups in total. The van der Waals surface area contributed by atoms with E-state index < -0.39 is 6.04 Å². The van der Waals surface area contributed by atoms with Crippen molar-refractivity contribution in [2.24, 2.45) is 5.84 Å². The molecule has 1 atom stereocenters. The molecule has 0 saturated carbocycles. The largest absolute Gasteiger partial charge is 0.377 e. The fourth-order valence-corrected chi connectivity index (χ4v) is 1.95. The Kier molecular flexibility index (Phi) is 4.48. The molecule has 0 aromatic carbocycles. The van der Waals surface area contributed by atoms with Gasteiger partial charge < -0.3 is 20.4 Å². The minimum Gasteiger partial charge on any atom is -0.377 e. The van der Waals surface area contributed by atoms with Crippen LogP contribution in [0.3, 0.4) is 0 Å². The first-order valence-electron chi connectivity index (χ1n) is 6.17. The van der Waals surface area contributed by atoms with Crippen molar-refractivity contribution in [2.45, 2.75) is 13.0 Å². The molecule has 1 fully saturated rings. The number of anilines is 2. The lowest BCUT2D eigenvalue weighted by atomic mass is 10.2. The van der Waals surface area contributed by atoms with Crippen molar-refractivity contribution in [3.8, 4) is 0 Å². The summed E-state index contributed by atoms with van der Waals surface area (Å²) in [6.45, 7) is 3.94. The van der Waals surface area contributed by atoms with Gasteiger partial charge in [0.25, 0.3) is 0 Å². The van der Waals surface area contributed by atoms with Crippen LogP contribution in [0.2, 0.25) is 0 Å². The van der Waals surface area contributed by atoms with Crippen LogP contribution in [0.5, 0.6) is 0 Å². The normalized spacial score (nSPS) is 19.1. The number of hydrogen-bond donors (Lipinski definition) is 3. The summed E-state index contributed by atoms with van der Waals surface area (Å²) in [7, 11) is 0. The number of nitrogens with one attached hydrogen (secondary N) is 2. The van der Waals surface area contributed by atoms with Gasteiger partial charge in [-0.3, -0.25) is 9.78 Å². The Morgan fingerprint density at radius 2 is 2.47 bits per heavy atom. The Hall–Kier alpha value is -1.93. The number of amides is 1. The second-order valence-electron chi connectivity index (χ2n) is 4.09. The molecule has 8 heteroatoms. The highest BCUT2D eigenvalue weighted by atomic mass is 16.5. The highest BCUT2D eigenvalue weighted by Crippen LogP contribution is 2.18. The Balaban J connectivity index is 2.20. The molecular formula is C11H18N6O2. The molecule has 0 bridgehead atoms. The van der Waals surface area contributed by atoms with Gasteiger partial charge in [0.1, 0.15) is 11.9 Å². The first kappa shape index (κ1) is 13.5. The van der Waals surface area contributed by atoms with Gasteiger partial charge >= 0.3 is 0 Å². The summed E-state index contributed by atoms with van der Waals surface area (Å²) in [5.41, 5.74) is 2.44. The number of morpholine rings is 1. The predicted octanol–water partition coefficient (Wildman–Crippen LogP) is -0.896. The van der Waals surface area contributed by atoms with Crippen LogP contribution >= 0.6 is 0 Å². The van der Waals surface area contributed by atoms with E-state index in [4.69, 9.17) is 10.6 Å². The molecular weight excluding hydrogens is 248 g/mol. The number of ether oxygens (including phenoxy) is 1. The Morgan fingerprint density at radius 3 is 3.21 bits per heavy atom. The molecule has 1 unspecified atom stereocenters. The SMILES string of the molecule is CCNC(=O)C1COCCN1c1cncc(NN)n1. The lowest BCUT2D eigenvalue weighted by Gasteiger charge is -2.35. The number of hydrogen-bond acceptors (Lipinski definition) is 7. The van der Waals surface area contributed by atoms with Crippen LogP contribution in [-0.4, -0.2) is 48.2 Å². The molecule has 1 aromatic heterocycles. The van der Waals surface area contributed by atoms with E-state index >= 15 is 0 Å². The summed E-state index contributed by atoms with van der Waals surface area (Å²) in [5, 5.41) is 2.79. The molecule has 1 saturated heterocycles. The van der Waals surface area contributed by atoms with Gasteiger partial charge in [0.2, 0.25) is 5.91 Å². The molecule has 1 aromatic rings. The number of carbonyl (C=O) groups excluding carboxylic acids is 1. The maximum absolute atomic E-state index is 12.0. The van der Waals surface area contributed by atoms with E-state index in [1.807, 2.05) is 11.8 Å². The third kappa shape index (κ3) is 3.09. The summed E-state index contributed by atoms with van der Waals surface area (Å²) < 4.78 is 5.37. The van der Waals surface area contributed by atoms with Crippen molar-refractivity contribution in [2.75, 3.05) is 36.6 Å². The highest BCUT2D eigenvalue weighted by Gasteiger charge is 2.30. The number of nitrogens with two attached hydrogens (primary N) is 1. The maximum Gasteiger partial charge on any atom is 0.245 e. The van der Waals surface area contributed by atoms with Gasteiger partial charge in [-0.15, -0.1) is 0 Å². The predicted molar refractivity (Wildman–Crippen MR) is 70.5 cm³/mol. The fourth-order valence-electron chi connectivity index (χ4n) is 1.95. The number of likely N-dealkylation sites (N-methyl/N-ethyl adjacent to an activating group) is 1. The van der Waals surface area contributed by atoms with E-state index in [0.29, 0.717) is 37.9 Å². The van der Waals surface area contributed by atoms with Crippen LogP contribution in [0, 0.1) is 0 Å². The third-order valence-corrected chi connectivity index (χ3v) is 2.85. The first-order valence-corrected chi connectivity index (χ1v) is 6.17. The molecule has 2 heterocycles. The fraction of sp³-hybridized carbons (Fsp3) is 0.545. The molecule has 0 aliphatic carbocycles. The number of hydrazine groups is 1. The van der Waals surface area contributed by atoms with Gasteiger partial charge in [-0.25, -0.2) is 10.8 Å². The number of nitrogen functional groups attached to an aromatic ring is 1. The van der Waals surface area contributed by atoms with E-state index in [1.165, 1.54) is 6.20 Å². The summed E-state index contributed by atoms with van der Waals surface area (Å²) in [5.74, 6) is 6.31. The number of nitrogens with zero attached hydrogens (tertiary/aromatic N) is 3. The molecule has 1 aliphatic rings. The van der Waals surface area contributed by atoms with Crippen LogP contribution < -0.4 is 21.5 Å². The lowest BCUT2D eigenvalue weighted by Crippen LogP contribution is -2.54. The van der Waals surface area contributed by atoms with E-state index in [0.717, 1.165) is 0 Å². The number of carbonyl (C=O) groups is 1. The molecule has 19 heavy (non-hydrogen) atoms. The third-order valence-electron chi connectivity index (χ3n) is 2.85. The van der Waals surface area contributed by atoms with Gasteiger partial charge in [-0.05, 0) is 6.92 Å². The van der Waals surface area contributed by atoms with Crippen molar-refractivity contribution >= 4 is 17.5 Å². The quantitative estimate of drug-likeness (QED) is 0.479. The average molecular weight is 266 g/mol. The zero-order valence-corrected chi connectivity index (χ0v) is 10.8. The Bertz CT molecular complexity index is 441. The topological polar surface area (TPSA) is 105 Å². The molecule has 1 amide bonds. The van der Waals surface area contributed by atoms with Crippen LogP contribution in [0.25, 0.3) is 0 Å². The van der Waals surface area contributed by atoms with Crippen molar-refractivity contribution < 1.29 is 9.53 Å². The summed E-state index contributed by atoms with van der Waals surface area (Å²) >= 11 is 0. The van der Waals surface area contributed by atoms with Gasteiger partial charge in [0.05, 0.1) is 25.6 Å². The second kappa shape index (κ2) is 6.30.